The molecule has 0 N–H and O–H groups in total. The van der Waals surface area contributed by atoms with Gasteiger partial charge in [0.05, 0.1) is 0 Å². The van der Waals surface area contributed by atoms with E-state index in [4.69, 9.17) is 0 Å². The van der Waals surface area contributed by atoms with Gasteiger partial charge in [0.1, 0.15) is 0 Å². The summed E-state index contributed by atoms with van der Waals surface area (Å²) in [7, 11) is 3.63. The fourth-order valence-corrected chi connectivity index (χ4v) is 1.93. The van der Waals surface area contributed by atoms with Crippen LogP contribution in [0, 0.1) is 13.8 Å². The SMILES string of the molecule is Cc1c(C(=O)N(C)Cc2ccncc2)nn(C)c1C. The Balaban J connectivity index is 2.17. The Morgan fingerprint density at radius 1 is 1.32 bits per heavy atom. The summed E-state index contributed by atoms with van der Waals surface area (Å²) in [6.45, 7) is 4.44. The molecule has 19 heavy (non-hydrogen) atoms. The lowest BCUT2D eigenvalue weighted by molar-refractivity contribution is 0.0777. The number of aryl methyl sites for hydroxylation is 1. The van der Waals surface area contributed by atoms with Crippen molar-refractivity contribution in [2.75, 3.05) is 7.05 Å². The molecule has 0 aliphatic rings. The standard InChI is InChI=1S/C14H18N4O/c1-10-11(2)18(4)16-13(10)14(19)17(3)9-12-5-7-15-8-6-12/h5-8H,9H2,1-4H3. The van der Waals surface area contributed by atoms with E-state index in [9.17, 15) is 4.79 Å². The van der Waals surface area contributed by atoms with E-state index in [2.05, 4.69) is 10.1 Å². The zero-order valence-electron chi connectivity index (χ0n) is 11.7. The van der Waals surface area contributed by atoms with Gasteiger partial charge < -0.3 is 4.90 Å². The first kappa shape index (κ1) is 13.3. The molecule has 2 heterocycles. The number of carbonyl (C=O) groups excluding carboxylic acids is 1. The van der Waals surface area contributed by atoms with Crippen molar-refractivity contribution < 1.29 is 4.79 Å². The third kappa shape index (κ3) is 2.65. The second kappa shape index (κ2) is 5.22. The fraction of sp³-hybridized carbons (Fsp3) is 0.357. The molecule has 100 valence electrons. The van der Waals surface area contributed by atoms with Gasteiger partial charge in [-0.05, 0) is 31.5 Å². The number of hydrogen-bond donors (Lipinski definition) is 0. The van der Waals surface area contributed by atoms with Gasteiger partial charge in [-0.15, -0.1) is 0 Å². The van der Waals surface area contributed by atoms with Crippen LogP contribution in [0.2, 0.25) is 0 Å². The molecule has 0 unspecified atom stereocenters. The minimum atomic E-state index is -0.0574. The number of carbonyl (C=O) groups is 1. The van der Waals surface area contributed by atoms with Gasteiger partial charge in [-0.3, -0.25) is 14.5 Å². The first-order valence-electron chi connectivity index (χ1n) is 6.15. The third-order valence-corrected chi connectivity index (χ3v) is 3.35. The van der Waals surface area contributed by atoms with E-state index < -0.39 is 0 Å². The second-order valence-electron chi connectivity index (χ2n) is 4.70. The first-order chi connectivity index (χ1) is 9.00. The number of amides is 1. The third-order valence-electron chi connectivity index (χ3n) is 3.35. The summed E-state index contributed by atoms with van der Waals surface area (Å²) in [6, 6.07) is 3.81. The molecule has 2 rings (SSSR count). The van der Waals surface area contributed by atoms with E-state index in [1.807, 2.05) is 33.0 Å². The Labute approximate surface area is 112 Å². The van der Waals surface area contributed by atoms with Crippen LogP contribution in [-0.4, -0.2) is 32.6 Å². The maximum atomic E-state index is 12.4. The van der Waals surface area contributed by atoms with Gasteiger partial charge in [0, 0.05) is 44.3 Å². The molecule has 0 atom stereocenters. The predicted molar refractivity (Wildman–Crippen MR) is 72.7 cm³/mol. The van der Waals surface area contributed by atoms with E-state index in [0.29, 0.717) is 12.2 Å². The molecule has 0 spiro atoms. The zero-order valence-corrected chi connectivity index (χ0v) is 11.7. The highest BCUT2D eigenvalue weighted by Gasteiger charge is 2.19. The predicted octanol–water partition coefficient (Wildman–Crippen LogP) is 1.70. The van der Waals surface area contributed by atoms with Crippen LogP contribution in [0.1, 0.15) is 27.3 Å². The second-order valence-corrected chi connectivity index (χ2v) is 4.70. The van der Waals surface area contributed by atoms with E-state index in [1.165, 1.54) is 0 Å². The highest BCUT2D eigenvalue weighted by Crippen LogP contribution is 2.14. The van der Waals surface area contributed by atoms with E-state index in [-0.39, 0.29) is 5.91 Å². The van der Waals surface area contributed by atoms with E-state index in [0.717, 1.165) is 16.8 Å². The maximum absolute atomic E-state index is 12.4. The number of pyridine rings is 1. The van der Waals surface area contributed by atoms with Crippen molar-refractivity contribution in [1.82, 2.24) is 19.7 Å². The van der Waals surface area contributed by atoms with Crippen LogP contribution in [0.4, 0.5) is 0 Å². The highest BCUT2D eigenvalue weighted by atomic mass is 16.2. The lowest BCUT2D eigenvalue weighted by Gasteiger charge is -2.16. The minimum Gasteiger partial charge on any atom is -0.336 e. The average molecular weight is 258 g/mol. The van der Waals surface area contributed by atoms with Crippen LogP contribution in [0.25, 0.3) is 0 Å². The van der Waals surface area contributed by atoms with Crippen LogP contribution in [-0.2, 0) is 13.6 Å². The van der Waals surface area contributed by atoms with Gasteiger partial charge >= 0.3 is 0 Å². The Morgan fingerprint density at radius 2 is 1.95 bits per heavy atom. The largest absolute Gasteiger partial charge is 0.336 e. The molecule has 2 aromatic rings. The minimum absolute atomic E-state index is 0.0574. The lowest BCUT2D eigenvalue weighted by atomic mass is 10.2. The van der Waals surface area contributed by atoms with Gasteiger partial charge in [0.25, 0.3) is 5.91 Å². The summed E-state index contributed by atoms with van der Waals surface area (Å²) in [5.74, 6) is -0.0574. The summed E-state index contributed by atoms with van der Waals surface area (Å²) in [5.41, 5.74) is 3.53. The summed E-state index contributed by atoms with van der Waals surface area (Å²) < 4.78 is 1.74. The van der Waals surface area contributed by atoms with Crippen LogP contribution in [0.5, 0.6) is 0 Å². The van der Waals surface area contributed by atoms with Gasteiger partial charge in [0.15, 0.2) is 5.69 Å². The van der Waals surface area contributed by atoms with Crippen molar-refractivity contribution >= 4 is 5.91 Å². The number of hydrogen-bond acceptors (Lipinski definition) is 3. The number of rotatable bonds is 3. The molecule has 0 fully saturated rings. The summed E-state index contributed by atoms with van der Waals surface area (Å²) >= 11 is 0. The lowest BCUT2D eigenvalue weighted by Crippen LogP contribution is -2.27. The summed E-state index contributed by atoms with van der Waals surface area (Å²) in [4.78, 5) is 18.0. The van der Waals surface area contributed by atoms with Crippen molar-refractivity contribution in [3.05, 3.63) is 47.0 Å². The Hall–Kier alpha value is -2.17. The van der Waals surface area contributed by atoms with Crippen molar-refractivity contribution in [3.8, 4) is 0 Å². The topological polar surface area (TPSA) is 51.0 Å². The van der Waals surface area contributed by atoms with Crippen LogP contribution >= 0.6 is 0 Å². The van der Waals surface area contributed by atoms with Gasteiger partial charge in [-0.2, -0.15) is 5.10 Å². The fourth-order valence-electron chi connectivity index (χ4n) is 1.93. The summed E-state index contributed by atoms with van der Waals surface area (Å²) in [6.07, 6.45) is 3.45. The van der Waals surface area contributed by atoms with Crippen molar-refractivity contribution in [2.24, 2.45) is 7.05 Å². The Bertz CT molecular complexity index is 589. The Kier molecular flexibility index (Phi) is 3.64. The van der Waals surface area contributed by atoms with Gasteiger partial charge in [0.2, 0.25) is 0 Å². The smallest absolute Gasteiger partial charge is 0.274 e. The van der Waals surface area contributed by atoms with Crippen LogP contribution in [0.15, 0.2) is 24.5 Å². The van der Waals surface area contributed by atoms with Crippen LogP contribution in [0.3, 0.4) is 0 Å². The number of nitrogens with zero attached hydrogens (tertiary/aromatic N) is 4. The summed E-state index contributed by atoms with van der Waals surface area (Å²) in [5, 5.41) is 4.29. The molecule has 1 amide bonds. The van der Waals surface area contributed by atoms with E-state index >= 15 is 0 Å². The quantitative estimate of drug-likeness (QED) is 0.842. The molecular weight excluding hydrogens is 240 g/mol. The van der Waals surface area contributed by atoms with Gasteiger partial charge in [-0.25, -0.2) is 0 Å². The molecule has 0 bridgehead atoms. The normalized spacial score (nSPS) is 10.5. The molecule has 0 aromatic carbocycles. The molecule has 0 radical (unpaired) electrons. The van der Waals surface area contributed by atoms with Crippen LogP contribution < -0.4 is 0 Å². The maximum Gasteiger partial charge on any atom is 0.274 e. The molecule has 5 nitrogen and oxygen atoms in total. The van der Waals surface area contributed by atoms with Gasteiger partial charge in [-0.1, -0.05) is 0 Å². The van der Waals surface area contributed by atoms with Crippen molar-refractivity contribution in [3.63, 3.8) is 0 Å². The molecule has 0 aliphatic carbocycles. The Morgan fingerprint density at radius 3 is 2.47 bits per heavy atom. The zero-order chi connectivity index (χ0) is 14.0. The van der Waals surface area contributed by atoms with E-state index in [1.54, 1.807) is 29.0 Å². The van der Waals surface area contributed by atoms with Crippen molar-refractivity contribution in [1.29, 1.82) is 0 Å². The molecule has 0 saturated heterocycles. The van der Waals surface area contributed by atoms with Crippen molar-refractivity contribution in [2.45, 2.75) is 20.4 Å². The highest BCUT2D eigenvalue weighted by molar-refractivity contribution is 5.93. The molecular formula is C14H18N4O. The average Bonchev–Trinajstić information content (AvgIpc) is 2.67. The first-order valence-corrected chi connectivity index (χ1v) is 6.15. The molecule has 0 saturated carbocycles. The molecule has 2 aromatic heterocycles. The monoisotopic (exact) mass is 258 g/mol. The number of aromatic nitrogens is 3. The molecule has 0 aliphatic heterocycles. The molecule has 5 heteroatoms.